The average molecular weight is 388 g/mol. The smallest absolute Gasteiger partial charge is 0.249 e. The molecule has 1 aromatic heterocycles. The van der Waals surface area contributed by atoms with Gasteiger partial charge in [0.25, 0.3) is 0 Å². The van der Waals surface area contributed by atoms with Crippen molar-refractivity contribution in [3.63, 3.8) is 0 Å². The van der Waals surface area contributed by atoms with Crippen LogP contribution >= 0.6 is 0 Å². The Morgan fingerprint density at radius 2 is 1.85 bits per heavy atom. The summed E-state index contributed by atoms with van der Waals surface area (Å²) in [7, 11) is -2.93. The molecule has 2 saturated heterocycles. The number of aromatic nitrogens is 3. The molecule has 144 valence electrons. The highest BCUT2D eigenvalue weighted by atomic mass is 32.2. The summed E-state index contributed by atoms with van der Waals surface area (Å²) in [5.74, 6) is 1.26. The molecule has 9 heteroatoms. The number of nitrogens with one attached hydrogen (secondary N) is 2. The summed E-state index contributed by atoms with van der Waals surface area (Å²) < 4.78 is 23.2. The van der Waals surface area contributed by atoms with Crippen LogP contribution in [-0.2, 0) is 9.84 Å². The molecule has 2 aliphatic rings. The lowest BCUT2D eigenvalue weighted by Crippen LogP contribution is -2.29. The largest absolute Gasteiger partial charge is 0.372 e. The molecule has 1 atom stereocenters. The summed E-state index contributed by atoms with van der Waals surface area (Å²) in [4.78, 5) is 6.80. The Labute approximate surface area is 159 Å². The molecule has 2 aromatic rings. The summed E-state index contributed by atoms with van der Waals surface area (Å²) in [5, 5.41) is 14.3. The molecule has 8 nitrogen and oxygen atoms in total. The standard InChI is InChI=1S/C18H24N6O2S/c25-27(26)11-8-15(13-27)20-17-12-19-23-18(22-17)21-14-4-6-16(7-5-14)24-9-2-1-3-10-24/h4-7,12,15H,1-3,8-11,13H2,(H2,20,21,22,23). The summed E-state index contributed by atoms with van der Waals surface area (Å²) >= 11 is 0. The second-order valence-corrected chi connectivity index (χ2v) is 9.36. The van der Waals surface area contributed by atoms with Gasteiger partial charge in [-0.1, -0.05) is 0 Å². The van der Waals surface area contributed by atoms with E-state index in [1.165, 1.54) is 31.1 Å². The molecule has 0 amide bonds. The molecule has 27 heavy (non-hydrogen) atoms. The number of piperidine rings is 1. The van der Waals surface area contributed by atoms with Gasteiger partial charge in [0.05, 0.1) is 17.7 Å². The minimum Gasteiger partial charge on any atom is -0.372 e. The summed E-state index contributed by atoms with van der Waals surface area (Å²) in [6.07, 6.45) is 5.92. The van der Waals surface area contributed by atoms with Crippen LogP contribution in [0.3, 0.4) is 0 Å². The van der Waals surface area contributed by atoms with Crippen LogP contribution in [-0.4, -0.2) is 54.2 Å². The maximum atomic E-state index is 11.6. The Balaban J connectivity index is 1.39. The highest BCUT2D eigenvalue weighted by molar-refractivity contribution is 7.91. The summed E-state index contributed by atoms with van der Waals surface area (Å²) in [6.45, 7) is 2.23. The predicted molar refractivity (Wildman–Crippen MR) is 106 cm³/mol. The molecular weight excluding hydrogens is 364 g/mol. The lowest BCUT2D eigenvalue weighted by molar-refractivity contribution is 0.578. The van der Waals surface area contributed by atoms with Crippen LogP contribution < -0.4 is 15.5 Å². The van der Waals surface area contributed by atoms with Crippen molar-refractivity contribution in [1.82, 2.24) is 15.2 Å². The van der Waals surface area contributed by atoms with Crippen LogP contribution in [0.25, 0.3) is 0 Å². The first-order chi connectivity index (χ1) is 13.1. The van der Waals surface area contributed by atoms with Gasteiger partial charge < -0.3 is 15.5 Å². The third kappa shape index (κ3) is 4.65. The van der Waals surface area contributed by atoms with E-state index in [-0.39, 0.29) is 17.5 Å². The number of hydrogen-bond donors (Lipinski definition) is 2. The van der Waals surface area contributed by atoms with Crippen LogP contribution in [0.1, 0.15) is 25.7 Å². The maximum absolute atomic E-state index is 11.6. The molecule has 0 spiro atoms. The zero-order valence-corrected chi connectivity index (χ0v) is 16.0. The van der Waals surface area contributed by atoms with Gasteiger partial charge in [-0.2, -0.15) is 10.1 Å². The van der Waals surface area contributed by atoms with Gasteiger partial charge in [0.2, 0.25) is 5.95 Å². The van der Waals surface area contributed by atoms with Crippen molar-refractivity contribution in [2.45, 2.75) is 31.7 Å². The van der Waals surface area contributed by atoms with E-state index >= 15 is 0 Å². The van der Waals surface area contributed by atoms with Gasteiger partial charge >= 0.3 is 0 Å². The number of anilines is 4. The lowest BCUT2D eigenvalue weighted by atomic mass is 10.1. The quantitative estimate of drug-likeness (QED) is 0.804. The van der Waals surface area contributed by atoms with Crippen molar-refractivity contribution in [2.24, 2.45) is 0 Å². The summed E-state index contributed by atoms with van der Waals surface area (Å²) in [6, 6.07) is 8.11. The van der Waals surface area contributed by atoms with Crippen LogP contribution in [0.5, 0.6) is 0 Å². The first kappa shape index (κ1) is 18.0. The van der Waals surface area contributed by atoms with E-state index in [2.05, 4.69) is 42.8 Å². The molecule has 4 rings (SSSR count). The Morgan fingerprint density at radius 3 is 2.56 bits per heavy atom. The third-order valence-electron chi connectivity index (χ3n) is 4.99. The van der Waals surface area contributed by atoms with Gasteiger partial charge in [0.15, 0.2) is 15.7 Å². The molecule has 2 fully saturated rings. The van der Waals surface area contributed by atoms with Gasteiger partial charge in [-0.25, -0.2) is 8.42 Å². The van der Waals surface area contributed by atoms with E-state index in [9.17, 15) is 8.42 Å². The SMILES string of the molecule is O=S1(=O)CCC(Nc2cnnc(Nc3ccc(N4CCCCC4)cc3)n2)C1. The van der Waals surface area contributed by atoms with Gasteiger partial charge in [-0.05, 0) is 49.9 Å². The van der Waals surface area contributed by atoms with E-state index in [0.29, 0.717) is 18.2 Å². The molecule has 2 aliphatic heterocycles. The summed E-state index contributed by atoms with van der Waals surface area (Å²) in [5.41, 5.74) is 2.12. The zero-order chi connectivity index (χ0) is 18.7. The number of rotatable bonds is 5. The molecule has 2 N–H and O–H groups in total. The molecule has 0 bridgehead atoms. The van der Waals surface area contributed by atoms with Crippen LogP contribution in [0, 0.1) is 0 Å². The Kier molecular flexibility index (Phi) is 5.11. The van der Waals surface area contributed by atoms with Crippen molar-refractivity contribution in [2.75, 3.05) is 40.1 Å². The second kappa shape index (κ2) is 7.67. The molecule has 1 unspecified atom stereocenters. The van der Waals surface area contributed by atoms with Crippen molar-refractivity contribution in [1.29, 1.82) is 0 Å². The van der Waals surface area contributed by atoms with E-state index in [0.717, 1.165) is 18.8 Å². The second-order valence-electron chi connectivity index (χ2n) is 7.13. The minimum atomic E-state index is -2.93. The fourth-order valence-corrected chi connectivity index (χ4v) is 5.25. The molecule has 0 saturated carbocycles. The topological polar surface area (TPSA) is 100 Å². The van der Waals surface area contributed by atoms with E-state index in [1.807, 2.05) is 12.1 Å². The Bertz CT molecular complexity index is 881. The van der Waals surface area contributed by atoms with Crippen molar-refractivity contribution in [3.8, 4) is 0 Å². The van der Waals surface area contributed by atoms with E-state index in [1.54, 1.807) is 0 Å². The number of benzene rings is 1. The molecular formula is C18H24N6O2S. The zero-order valence-electron chi connectivity index (χ0n) is 15.1. The number of sulfone groups is 1. The number of nitrogens with zero attached hydrogens (tertiary/aromatic N) is 4. The van der Waals surface area contributed by atoms with Crippen molar-refractivity contribution in [3.05, 3.63) is 30.5 Å². The van der Waals surface area contributed by atoms with Gasteiger partial charge in [-0.15, -0.1) is 5.10 Å². The first-order valence-electron chi connectivity index (χ1n) is 9.36. The Morgan fingerprint density at radius 1 is 1.07 bits per heavy atom. The minimum absolute atomic E-state index is 0.122. The van der Waals surface area contributed by atoms with E-state index < -0.39 is 9.84 Å². The fourth-order valence-electron chi connectivity index (χ4n) is 3.58. The normalized spacial score (nSPS) is 21.8. The van der Waals surface area contributed by atoms with Crippen LogP contribution in [0.15, 0.2) is 30.5 Å². The molecule has 3 heterocycles. The third-order valence-corrected chi connectivity index (χ3v) is 6.76. The fraction of sp³-hybridized carbons (Fsp3) is 0.500. The highest BCUT2D eigenvalue weighted by Crippen LogP contribution is 2.23. The molecule has 0 radical (unpaired) electrons. The van der Waals surface area contributed by atoms with Crippen LogP contribution in [0.2, 0.25) is 0 Å². The van der Waals surface area contributed by atoms with Gasteiger partial charge in [-0.3, -0.25) is 0 Å². The van der Waals surface area contributed by atoms with Gasteiger partial charge in [0.1, 0.15) is 0 Å². The van der Waals surface area contributed by atoms with Crippen molar-refractivity contribution >= 4 is 33.0 Å². The van der Waals surface area contributed by atoms with Gasteiger partial charge in [0, 0.05) is 30.5 Å². The first-order valence-corrected chi connectivity index (χ1v) is 11.2. The average Bonchev–Trinajstić information content (AvgIpc) is 3.02. The highest BCUT2D eigenvalue weighted by Gasteiger charge is 2.28. The monoisotopic (exact) mass is 388 g/mol. The predicted octanol–water partition coefficient (Wildman–Crippen LogP) is 2.20. The van der Waals surface area contributed by atoms with E-state index in [4.69, 9.17) is 0 Å². The van der Waals surface area contributed by atoms with Crippen LogP contribution in [0.4, 0.5) is 23.1 Å². The number of hydrogen-bond acceptors (Lipinski definition) is 8. The maximum Gasteiger partial charge on any atom is 0.249 e. The molecule has 0 aliphatic carbocycles. The lowest BCUT2D eigenvalue weighted by Gasteiger charge is -2.28. The Hall–Kier alpha value is -2.42. The van der Waals surface area contributed by atoms with Crippen molar-refractivity contribution < 1.29 is 8.42 Å². The molecule has 1 aromatic carbocycles.